The summed E-state index contributed by atoms with van der Waals surface area (Å²) in [6.45, 7) is 2.86. The summed E-state index contributed by atoms with van der Waals surface area (Å²) in [6.07, 6.45) is 2.56. The molecule has 0 bridgehead atoms. The number of carbonyl (C=O) groups is 2. The van der Waals surface area contributed by atoms with Crippen LogP contribution in [-0.2, 0) is 13.0 Å². The Bertz CT molecular complexity index is 1650. The molecule has 6 rings (SSSR count). The highest BCUT2D eigenvalue weighted by Crippen LogP contribution is 2.30. The van der Waals surface area contributed by atoms with Gasteiger partial charge in [-0.15, -0.1) is 0 Å². The van der Waals surface area contributed by atoms with E-state index in [1.807, 2.05) is 126 Å². The predicted octanol–water partition coefficient (Wildman–Crippen LogP) is 6.29. The van der Waals surface area contributed by atoms with Crippen LogP contribution in [0.3, 0.4) is 0 Å². The number of para-hydroxylation sites is 3. The lowest BCUT2D eigenvalue weighted by molar-refractivity contribution is 0.0647. The van der Waals surface area contributed by atoms with Gasteiger partial charge in [-0.2, -0.15) is 0 Å². The minimum atomic E-state index is -0.149. The van der Waals surface area contributed by atoms with Gasteiger partial charge in [0.1, 0.15) is 0 Å². The first-order valence-corrected chi connectivity index (χ1v) is 13.9. The average molecular weight is 541 g/mol. The van der Waals surface area contributed by atoms with Gasteiger partial charge >= 0.3 is 0 Å². The molecule has 1 atom stereocenters. The lowest BCUT2D eigenvalue weighted by atomic mass is 9.93. The quantitative estimate of drug-likeness (QED) is 0.275. The number of aryl methyl sites for hydroxylation is 1. The number of hydrogen-bond donors (Lipinski definition) is 1. The normalized spacial score (nSPS) is 14.4. The van der Waals surface area contributed by atoms with E-state index in [2.05, 4.69) is 12.1 Å². The van der Waals surface area contributed by atoms with Crippen LogP contribution < -0.4 is 10.6 Å². The fourth-order valence-corrected chi connectivity index (χ4v) is 5.67. The van der Waals surface area contributed by atoms with Gasteiger partial charge in [0.05, 0.1) is 16.8 Å². The molecule has 1 aliphatic rings. The third-order valence-corrected chi connectivity index (χ3v) is 7.77. The number of aromatic nitrogens is 1. The van der Waals surface area contributed by atoms with Crippen LogP contribution in [0.15, 0.2) is 121 Å². The lowest BCUT2D eigenvalue weighted by Crippen LogP contribution is -2.48. The number of fused-ring (bicyclic) bond motifs is 1. The molecule has 2 amide bonds. The van der Waals surface area contributed by atoms with Crippen molar-refractivity contribution < 1.29 is 9.59 Å². The zero-order valence-electron chi connectivity index (χ0n) is 23.0. The second-order valence-electron chi connectivity index (χ2n) is 10.4. The first-order valence-electron chi connectivity index (χ1n) is 13.9. The molecule has 0 saturated heterocycles. The van der Waals surface area contributed by atoms with E-state index in [9.17, 15) is 9.59 Å². The maximum atomic E-state index is 14.1. The van der Waals surface area contributed by atoms with Crippen molar-refractivity contribution in [2.45, 2.75) is 25.9 Å². The molecule has 204 valence electrons. The Morgan fingerprint density at radius 3 is 2.05 bits per heavy atom. The molecule has 2 N–H and O–H groups in total. The molecule has 1 aliphatic heterocycles. The number of carbonyl (C=O) groups excluding carboxylic acids is 2. The molecular formula is C35H32N4O2. The van der Waals surface area contributed by atoms with Crippen LogP contribution in [0.4, 0.5) is 11.4 Å². The van der Waals surface area contributed by atoms with E-state index in [-0.39, 0.29) is 17.9 Å². The summed E-state index contributed by atoms with van der Waals surface area (Å²) in [4.78, 5) is 31.7. The van der Waals surface area contributed by atoms with Crippen LogP contribution in [0.1, 0.15) is 37.5 Å². The molecule has 0 radical (unpaired) electrons. The van der Waals surface area contributed by atoms with E-state index < -0.39 is 0 Å². The van der Waals surface area contributed by atoms with Crippen LogP contribution in [0.5, 0.6) is 0 Å². The molecule has 6 heteroatoms. The highest BCUT2D eigenvalue weighted by atomic mass is 16.2. The van der Waals surface area contributed by atoms with E-state index >= 15 is 0 Å². The third kappa shape index (κ3) is 5.06. The fraction of sp³-hybridized carbons (Fsp3) is 0.143. The number of benzene rings is 4. The fourth-order valence-electron chi connectivity index (χ4n) is 5.67. The summed E-state index contributed by atoms with van der Waals surface area (Å²) in [6, 6.07) is 36.8. The molecule has 4 aromatic carbocycles. The van der Waals surface area contributed by atoms with Crippen molar-refractivity contribution in [3.63, 3.8) is 0 Å². The van der Waals surface area contributed by atoms with Gasteiger partial charge in [0.2, 0.25) is 0 Å². The minimum Gasteiger partial charge on any atom is -0.330 e. The van der Waals surface area contributed by atoms with Gasteiger partial charge in [-0.1, -0.05) is 72.8 Å². The molecule has 0 aliphatic carbocycles. The Kier molecular flexibility index (Phi) is 7.23. The average Bonchev–Trinajstić information content (AvgIpc) is 3.42. The van der Waals surface area contributed by atoms with Gasteiger partial charge in [0, 0.05) is 42.4 Å². The van der Waals surface area contributed by atoms with Gasteiger partial charge < -0.3 is 15.2 Å². The summed E-state index contributed by atoms with van der Waals surface area (Å²) in [7, 11) is 0. The summed E-state index contributed by atoms with van der Waals surface area (Å²) >= 11 is 0. The summed E-state index contributed by atoms with van der Waals surface area (Å²) in [5.74, 6) is -0.217. The molecule has 5 aromatic rings. The van der Waals surface area contributed by atoms with Gasteiger partial charge in [0.25, 0.3) is 11.8 Å². The second kappa shape index (κ2) is 11.3. The van der Waals surface area contributed by atoms with Crippen molar-refractivity contribution in [3.8, 4) is 5.69 Å². The topological polar surface area (TPSA) is 71.6 Å². The van der Waals surface area contributed by atoms with Crippen LogP contribution in [-0.4, -0.2) is 33.9 Å². The van der Waals surface area contributed by atoms with Crippen LogP contribution in [0.25, 0.3) is 5.69 Å². The van der Waals surface area contributed by atoms with E-state index in [1.165, 1.54) is 5.56 Å². The SMILES string of the molecule is Cc1cc(C(=O)N(c2ccccc2)c2ccccc2)cn1-c1ccccc1C(=O)N1Cc2ccccc2C[C@H]1CN. The van der Waals surface area contributed by atoms with E-state index in [1.54, 1.807) is 4.90 Å². The van der Waals surface area contributed by atoms with E-state index in [0.717, 1.165) is 34.7 Å². The van der Waals surface area contributed by atoms with Crippen molar-refractivity contribution >= 4 is 23.2 Å². The largest absolute Gasteiger partial charge is 0.330 e. The lowest BCUT2D eigenvalue weighted by Gasteiger charge is -2.36. The van der Waals surface area contributed by atoms with Crippen LogP contribution in [0, 0.1) is 6.92 Å². The Labute approximate surface area is 240 Å². The summed E-state index contributed by atoms with van der Waals surface area (Å²) < 4.78 is 1.93. The molecule has 41 heavy (non-hydrogen) atoms. The highest BCUT2D eigenvalue weighted by Gasteiger charge is 2.31. The van der Waals surface area contributed by atoms with Crippen molar-refractivity contribution in [1.82, 2.24) is 9.47 Å². The zero-order valence-corrected chi connectivity index (χ0v) is 23.0. The van der Waals surface area contributed by atoms with Crippen molar-refractivity contribution in [2.24, 2.45) is 5.73 Å². The van der Waals surface area contributed by atoms with Gasteiger partial charge in [-0.25, -0.2) is 0 Å². The maximum absolute atomic E-state index is 14.1. The molecule has 0 saturated carbocycles. The zero-order chi connectivity index (χ0) is 28.3. The summed E-state index contributed by atoms with van der Waals surface area (Å²) in [5, 5.41) is 0. The molecule has 2 heterocycles. The Hall–Kier alpha value is -4.94. The number of anilines is 2. The predicted molar refractivity (Wildman–Crippen MR) is 163 cm³/mol. The molecular weight excluding hydrogens is 508 g/mol. The molecule has 0 fully saturated rings. The van der Waals surface area contributed by atoms with Crippen LogP contribution >= 0.6 is 0 Å². The standard InChI is InChI=1S/C35H32N4O2/c1-25-20-28(34(40)39(29-14-4-2-5-15-29)30-16-6-3-7-17-30)24-37(25)33-19-11-10-18-32(33)35(41)38-23-27-13-9-8-12-26(27)21-31(38)22-36/h2-20,24,31H,21-23,36H2,1H3/t31-/m0/s1. The Morgan fingerprint density at radius 2 is 1.39 bits per heavy atom. The number of nitrogens with two attached hydrogens (primary N) is 1. The maximum Gasteiger partial charge on any atom is 0.264 e. The number of amides is 2. The molecule has 0 spiro atoms. The molecule has 1 aromatic heterocycles. The van der Waals surface area contributed by atoms with Crippen molar-refractivity contribution in [1.29, 1.82) is 0 Å². The molecule has 0 unspecified atom stereocenters. The van der Waals surface area contributed by atoms with Gasteiger partial charge in [-0.3, -0.25) is 14.5 Å². The first-order chi connectivity index (χ1) is 20.0. The number of nitrogens with zero attached hydrogens (tertiary/aromatic N) is 3. The van der Waals surface area contributed by atoms with Crippen LogP contribution in [0.2, 0.25) is 0 Å². The Balaban J connectivity index is 1.36. The smallest absolute Gasteiger partial charge is 0.264 e. The monoisotopic (exact) mass is 540 g/mol. The second-order valence-corrected chi connectivity index (χ2v) is 10.4. The van der Waals surface area contributed by atoms with Gasteiger partial charge in [0.15, 0.2) is 0 Å². The molecule has 6 nitrogen and oxygen atoms in total. The highest BCUT2D eigenvalue weighted by molar-refractivity contribution is 6.11. The third-order valence-electron chi connectivity index (χ3n) is 7.77. The summed E-state index contributed by atoms with van der Waals surface area (Å²) in [5.41, 5.74) is 12.8. The van der Waals surface area contributed by atoms with Crippen molar-refractivity contribution in [3.05, 3.63) is 149 Å². The van der Waals surface area contributed by atoms with Gasteiger partial charge in [-0.05, 0) is 66.9 Å². The van der Waals surface area contributed by atoms with E-state index in [4.69, 9.17) is 5.73 Å². The van der Waals surface area contributed by atoms with E-state index in [0.29, 0.717) is 24.2 Å². The first kappa shape index (κ1) is 26.3. The van der Waals surface area contributed by atoms with Crippen molar-refractivity contribution in [2.75, 3.05) is 11.4 Å². The number of hydrogen-bond acceptors (Lipinski definition) is 3. The Morgan fingerprint density at radius 1 is 0.805 bits per heavy atom. The number of rotatable bonds is 6. The minimum absolute atomic E-state index is 0.0678.